The lowest BCUT2D eigenvalue weighted by atomic mass is 10.1. The summed E-state index contributed by atoms with van der Waals surface area (Å²) in [7, 11) is 0. The summed E-state index contributed by atoms with van der Waals surface area (Å²) in [6.07, 6.45) is 2.64. The van der Waals surface area contributed by atoms with Crippen molar-refractivity contribution in [1.82, 2.24) is 4.98 Å². The number of alkyl halides is 1. The van der Waals surface area contributed by atoms with Gasteiger partial charge in [-0.25, -0.2) is 0 Å². The number of piperidine rings is 1. The molecule has 0 aliphatic carbocycles. The van der Waals surface area contributed by atoms with Crippen molar-refractivity contribution in [3.63, 3.8) is 0 Å². The molecule has 0 bridgehead atoms. The molecule has 21 heavy (non-hydrogen) atoms. The van der Waals surface area contributed by atoms with Crippen LogP contribution in [-0.4, -0.2) is 30.8 Å². The minimum atomic E-state index is 0.329. The molecule has 3 rings (SSSR count). The van der Waals surface area contributed by atoms with Gasteiger partial charge in [0.05, 0.1) is 23.2 Å². The van der Waals surface area contributed by atoms with Crippen LogP contribution in [0.1, 0.15) is 25.5 Å². The van der Waals surface area contributed by atoms with E-state index in [1.54, 1.807) is 0 Å². The highest BCUT2D eigenvalue weighted by molar-refractivity contribution is 6.17. The van der Waals surface area contributed by atoms with Gasteiger partial charge in [0.1, 0.15) is 0 Å². The molecule has 1 unspecified atom stereocenters. The van der Waals surface area contributed by atoms with Gasteiger partial charge in [-0.05, 0) is 31.9 Å². The van der Waals surface area contributed by atoms with Crippen molar-refractivity contribution in [2.24, 2.45) is 0 Å². The van der Waals surface area contributed by atoms with Crippen LogP contribution < -0.4 is 4.90 Å². The van der Waals surface area contributed by atoms with Crippen molar-refractivity contribution < 1.29 is 4.74 Å². The van der Waals surface area contributed by atoms with Crippen LogP contribution >= 0.6 is 11.6 Å². The zero-order valence-corrected chi connectivity index (χ0v) is 13.1. The summed E-state index contributed by atoms with van der Waals surface area (Å²) in [5.41, 5.74) is 3.19. The number of aromatic nitrogens is 1. The number of pyridine rings is 1. The van der Waals surface area contributed by atoms with E-state index in [0.29, 0.717) is 12.0 Å². The molecule has 2 aromatic rings. The summed E-state index contributed by atoms with van der Waals surface area (Å²) in [4.78, 5) is 7.04. The Balaban J connectivity index is 1.98. The third kappa shape index (κ3) is 3.14. The number of nitrogens with zero attached hydrogens (tertiary/aromatic N) is 2. The van der Waals surface area contributed by atoms with Crippen LogP contribution in [0.4, 0.5) is 5.69 Å². The zero-order valence-electron chi connectivity index (χ0n) is 12.4. The van der Waals surface area contributed by atoms with Crippen LogP contribution in [0.25, 0.3) is 10.9 Å². The normalized spacial score (nSPS) is 19.1. The van der Waals surface area contributed by atoms with E-state index in [1.165, 1.54) is 11.1 Å². The topological polar surface area (TPSA) is 25.4 Å². The van der Waals surface area contributed by atoms with Gasteiger partial charge in [-0.15, -0.1) is 11.6 Å². The van der Waals surface area contributed by atoms with Crippen molar-refractivity contribution >= 4 is 28.2 Å². The molecule has 3 nitrogen and oxygen atoms in total. The fraction of sp³-hybridized carbons (Fsp3) is 0.471. The van der Waals surface area contributed by atoms with Crippen molar-refractivity contribution in [3.8, 4) is 0 Å². The number of ether oxygens (including phenoxy) is 1. The highest BCUT2D eigenvalue weighted by Gasteiger charge is 2.22. The smallest absolute Gasteiger partial charge is 0.0750 e. The van der Waals surface area contributed by atoms with Gasteiger partial charge in [0.2, 0.25) is 0 Å². The molecule has 1 aliphatic heterocycles. The van der Waals surface area contributed by atoms with E-state index < -0.39 is 0 Å². The lowest BCUT2D eigenvalue weighted by Crippen LogP contribution is -2.39. The summed E-state index contributed by atoms with van der Waals surface area (Å²) in [6.45, 7) is 4.86. The van der Waals surface area contributed by atoms with E-state index in [-0.39, 0.29) is 0 Å². The van der Waals surface area contributed by atoms with Crippen LogP contribution in [0, 0.1) is 0 Å². The molecule has 1 fully saturated rings. The molecule has 112 valence electrons. The summed E-state index contributed by atoms with van der Waals surface area (Å²) in [5.74, 6) is 0.445. The number of anilines is 1. The van der Waals surface area contributed by atoms with E-state index in [0.717, 1.165) is 43.7 Å². The van der Waals surface area contributed by atoms with Crippen LogP contribution in [0.2, 0.25) is 0 Å². The van der Waals surface area contributed by atoms with Crippen molar-refractivity contribution in [1.29, 1.82) is 0 Å². The molecule has 1 aliphatic rings. The van der Waals surface area contributed by atoms with Crippen molar-refractivity contribution in [2.45, 2.75) is 31.7 Å². The van der Waals surface area contributed by atoms with Crippen molar-refractivity contribution in [3.05, 3.63) is 36.0 Å². The van der Waals surface area contributed by atoms with E-state index in [4.69, 9.17) is 16.3 Å². The van der Waals surface area contributed by atoms with Crippen LogP contribution in [0.3, 0.4) is 0 Å². The predicted octanol–water partition coefficient (Wildman–Crippen LogP) is 3.98. The molecule has 0 amide bonds. The molecule has 1 aromatic heterocycles. The fourth-order valence-electron chi connectivity index (χ4n) is 3.07. The van der Waals surface area contributed by atoms with Crippen LogP contribution in [0.5, 0.6) is 0 Å². The van der Waals surface area contributed by atoms with E-state index in [9.17, 15) is 0 Å². The van der Waals surface area contributed by atoms with Crippen LogP contribution in [-0.2, 0) is 10.6 Å². The van der Waals surface area contributed by atoms with Gasteiger partial charge < -0.3 is 9.64 Å². The number of para-hydroxylation sites is 1. The third-order valence-corrected chi connectivity index (χ3v) is 4.28. The van der Waals surface area contributed by atoms with Gasteiger partial charge in [0.15, 0.2) is 0 Å². The molecule has 0 radical (unpaired) electrons. The van der Waals surface area contributed by atoms with Gasteiger partial charge in [0, 0.05) is 30.8 Å². The number of halogens is 1. The zero-order chi connectivity index (χ0) is 14.7. The number of benzene rings is 1. The average Bonchev–Trinajstić information content (AvgIpc) is 2.54. The Bertz CT molecular complexity index is 615. The van der Waals surface area contributed by atoms with E-state index in [1.807, 2.05) is 6.07 Å². The molecular formula is C17H21ClN2O. The molecule has 0 N–H and O–H groups in total. The minimum Gasteiger partial charge on any atom is -0.377 e. The lowest BCUT2D eigenvalue weighted by Gasteiger charge is -2.35. The Morgan fingerprint density at radius 1 is 1.38 bits per heavy atom. The maximum absolute atomic E-state index is 6.01. The minimum absolute atomic E-state index is 0.329. The first-order valence-electron chi connectivity index (χ1n) is 7.63. The Morgan fingerprint density at radius 2 is 2.24 bits per heavy atom. The molecule has 4 heteroatoms. The monoisotopic (exact) mass is 304 g/mol. The fourth-order valence-corrected chi connectivity index (χ4v) is 3.21. The third-order valence-electron chi connectivity index (χ3n) is 4.01. The van der Waals surface area contributed by atoms with E-state index in [2.05, 4.69) is 41.1 Å². The van der Waals surface area contributed by atoms with Gasteiger partial charge in [0.25, 0.3) is 0 Å². The summed E-state index contributed by atoms with van der Waals surface area (Å²) in [5, 5.41) is 1.20. The van der Waals surface area contributed by atoms with Gasteiger partial charge in [-0.3, -0.25) is 4.98 Å². The molecule has 2 heterocycles. The maximum atomic E-state index is 6.01. The Hall–Kier alpha value is -1.32. The highest BCUT2D eigenvalue weighted by Crippen LogP contribution is 2.30. The summed E-state index contributed by atoms with van der Waals surface area (Å²) >= 11 is 6.01. The van der Waals surface area contributed by atoms with Gasteiger partial charge >= 0.3 is 0 Å². The standard InChI is InChI=1S/C17H21ClN2O/c1-2-21-14-6-5-9-20(12-14)17-10-13(11-18)19-16-8-4-3-7-15(16)17/h3-4,7-8,10,14H,2,5-6,9,11-12H2,1H3. The summed E-state index contributed by atoms with van der Waals surface area (Å²) < 4.78 is 5.82. The van der Waals surface area contributed by atoms with Gasteiger partial charge in [-0.2, -0.15) is 0 Å². The number of hydrogen-bond acceptors (Lipinski definition) is 3. The second kappa shape index (κ2) is 6.63. The number of fused-ring (bicyclic) bond motifs is 1. The number of hydrogen-bond donors (Lipinski definition) is 0. The Morgan fingerprint density at radius 3 is 3.05 bits per heavy atom. The number of rotatable bonds is 4. The molecule has 1 saturated heterocycles. The molecule has 0 spiro atoms. The largest absolute Gasteiger partial charge is 0.377 e. The first-order chi connectivity index (χ1) is 10.3. The van der Waals surface area contributed by atoms with Crippen molar-refractivity contribution in [2.75, 3.05) is 24.6 Å². The highest BCUT2D eigenvalue weighted by atomic mass is 35.5. The Labute approximate surface area is 130 Å². The second-order valence-electron chi connectivity index (χ2n) is 5.45. The molecule has 0 saturated carbocycles. The van der Waals surface area contributed by atoms with E-state index >= 15 is 0 Å². The maximum Gasteiger partial charge on any atom is 0.0750 e. The first-order valence-corrected chi connectivity index (χ1v) is 8.16. The Kier molecular flexibility index (Phi) is 4.61. The average molecular weight is 305 g/mol. The lowest BCUT2D eigenvalue weighted by molar-refractivity contribution is 0.0527. The SMILES string of the molecule is CCOC1CCCN(c2cc(CCl)nc3ccccc23)C1. The molecule has 1 aromatic carbocycles. The first kappa shape index (κ1) is 14.6. The summed E-state index contributed by atoms with van der Waals surface area (Å²) in [6, 6.07) is 10.4. The predicted molar refractivity (Wildman–Crippen MR) is 88.2 cm³/mol. The quantitative estimate of drug-likeness (QED) is 0.799. The van der Waals surface area contributed by atoms with Gasteiger partial charge in [-0.1, -0.05) is 18.2 Å². The van der Waals surface area contributed by atoms with Crippen LogP contribution in [0.15, 0.2) is 30.3 Å². The molecule has 1 atom stereocenters. The second-order valence-corrected chi connectivity index (χ2v) is 5.72. The molecular weight excluding hydrogens is 284 g/mol.